The molecule has 0 unspecified atom stereocenters. The van der Waals surface area contributed by atoms with E-state index in [1.807, 2.05) is 23.9 Å². The lowest BCUT2D eigenvalue weighted by molar-refractivity contribution is -0.117. The lowest BCUT2D eigenvalue weighted by Crippen LogP contribution is -2.26. The Balaban J connectivity index is 1.57. The average Bonchev–Trinajstić information content (AvgIpc) is 3.58. The number of carbonyl (C=O) groups is 2. The fourth-order valence-electron chi connectivity index (χ4n) is 4.30. The standard InChI is InChI=1S/C24H27N7O2/c1-13-17-12-30(3)29-21(17)15-6-5-7-18(22(15)31(13)4)27-19-10-20(28-23(32)14-8-9-14)26-11-16(19)24(33)25-2/h5-7,10-14H,8-9H2,1-4H3,(H,25,33)(H2,26,27,28,32)/t13-/m1/s1. The van der Waals surface area contributed by atoms with Crippen molar-refractivity contribution in [3.63, 3.8) is 0 Å². The van der Waals surface area contributed by atoms with Gasteiger partial charge in [-0.15, -0.1) is 0 Å². The number of nitrogens with one attached hydrogen (secondary N) is 3. The Morgan fingerprint density at radius 1 is 1.15 bits per heavy atom. The first-order chi connectivity index (χ1) is 15.9. The van der Waals surface area contributed by atoms with Crippen molar-refractivity contribution in [3.8, 4) is 11.3 Å². The molecule has 2 amide bonds. The molecule has 3 N–H and O–H groups in total. The zero-order valence-electron chi connectivity index (χ0n) is 19.1. The van der Waals surface area contributed by atoms with E-state index < -0.39 is 0 Å². The predicted octanol–water partition coefficient (Wildman–Crippen LogP) is 3.44. The Kier molecular flexibility index (Phi) is 5.03. The van der Waals surface area contributed by atoms with E-state index in [1.54, 1.807) is 13.1 Å². The van der Waals surface area contributed by atoms with Crippen LogP contribution in [0.15, 0.2) is 36.7 Å². The molecular formula is C24H27N7O2. The lowest BCUT2D eigenvalue weighted by Gasteiger charge is -2.35. The molecule has 1 aromatic carbocycles. The van der Waals surface area contributed by atoms with Gasteiger partial charge in [-0.2, -0.15) is 5.10 Å². The molecule has 0 saturated heterocycles. The molecule has 0 spiro atoms. The fourth-order valence-corrected chi connectivity index (χ4v) is 4.30. The van der Waals surface area contributed by atoms with Crippen molar-refractivity contribution in [2.75, 3.05) is 29.6 Å². The third-order valence-corrected chi connectivity index (χ3v) is 6.38. The highest BCUT2D eigenvalue weighted by Gasteiger charge is 2.31. The van der Waals surface area contributed by atoms with E-state index in [0.717, 1.165) is 35.5 Å². The number of hydrogen-bond acceptors (Lipinski definition) is 6. The molecule has 33 heavy (non-hydrogen) atoms. The first kappa shape index (κ1) is 21.0. The number of carbonyl (C=O) groups excluding carboxylic acids is 2. The second kappa shape index (κ2) is 7.91. The number of hydrogen-bond donors (Lipinski definition) is 3. The van der Waals surface area contributed by atoms with Crippen molar-refractivity contribution in [2.45, 2.75) is 25.8 Å². The van der Waals surface area contributed by atoms with Gasteiger partial charge in [-0.3, -0.25) is 14.3 Å². The maximum atomic E-state index is 12.5. The van der Waals surface area contributed by atoms with Gasteiger partial charge in [0.15, 0.2) is 0 Å². The summed E-state index contributed by atoms with van der Waals surface area (Å²) in [6.07, 6.45) is 5.36. The van der Waals surface area contributed by atoms with Crippen molar-refractivity contribution in [1.29, 1.82) is 0 Å². The minimum Gasteiger partial charge on any atom is -0.365 e. The zero-order chi connectivity index (χ0) is 23.3. The SMILES string of the molecule is CNC(=O)c1cnc(NC(=O)C2CC2)cc1Nc1cccc2c1N(C)[C@H](C)c1cn(C)nc1-2. The topological polar surface area (TPSA) is 104 Å². The molecule has 9 nitrogen and oxygen atoms in total. The molecule has 2 aliphatic rings. The van der Waals surface area contributed by atoms with Gasteiger partial charge in [0.05, 0.1) is 34.4 Å². The van der Waals surface area contributed by atoms with E-state index in [4.69, 9.17) is 5.10 Å². The van der Waals surface area contributed by atoms with Crippen LogP contribution in [-0.2, 0) is 11.8 Å². The molecule has 1 aliphatic heterocycles. The van der Waals surface area contributed by atoms with Crippen LogP contribution in [0.25, 0.3) is 11.3 Å². The van der Waals surface area contributed by atoms with Gasteiger partial charge in [0.2, 0.25) is 5.91 Å². The largest absolute Gasteiger partial charge is 0.365 e. The molecule has 9 heteroatoms. The maximum absolute atomic E-state index is 12.5. The summed E-state index contributed by atoms with van der Waals surface area (Å²) in [5.41, 5.74) is 5.95. The van der Waals surface area contributed by atoms with Gasteiger partial charge < -0.3 is 20.9 Å². The van der Waals surface area contributed by atoms with E-state index in [-0.39, 0.29) is 23.8 Å². The zero-order valence-corrected chi connectivity index (χ0v) is 19.1. The van der Waals surface area contributed by atoms with E-state index >= 15 is 0 Å². The number of fused-ring (bicyclic) bond motifs is 3. The van der Waals surface area contributed by atoms with Crippen LogP contribution < -0.4 is 20.9 Å². The highest BCUT2D eigenvalue weighted by Crippen LogP contribution is 2.47. The Morgan fingerprint density at radius 3 is 2.67 bits per heavy atom. The van der Waals surface area contributed by atoms with Gasteiger partial charge in [-0.25, -0.2) is 4.98 Å². The van der Waals surface area contributed by atoms with Crippen LogP contribution in [0.5, 0.6) is 0 Å². The van der Waals surface area contributed by atoms with Crippen molar-refractivity contribution >= 4 is 34.7 Å². The predicted molar refractivity (Wildman–Crippen MR) is 128 cm³/mol. The summed E-state index contributed by atoms with van der Waals surface area (Å²) in [6.45, 7) is 2.15. The summed E-state index contributed by atoms with van der Waals surface area (Å²) in [4.78, 5) is 31.3. The quantitative estimate of drug-likeness (QED) is 0.556. The summed E-state index contributed by atoms with van der Waals surface area (Å²) >= 11 is 0. The van der Waals surface area contributed by atoms with Gasteiger partial charge in [0, 0.05) is 56.6 Å². The summed E-state index contributed by atoms with van der Waals surface area (Å²) < 4.78 is 1.84. The molecule has 1 atom stereocenters. The van der Waals surface area contributed by atoms with E-state index in [9.17, 15) is 9.59 Å². The molecule has 170 valence electrons. The number of aromatic nitrogens is 3. The minimum absolute atomic E-state index is 0.0329. The number of rotatable bonds is 5. The molecule has 1 fully saturated rings. The third-order valence-electron chi connectivity index (χ3n) is 6.38. The average molecular weight is 446 g/mol. The molecule has 0 radical (unpaired) electrons. The third kappa shape index (κ3) is 3.69. The first-order valence-electron chi connectivity index (χ1n) is 11.1. The summed E-state index contributed by atoms with van der Waals surface area (Å²) in [6, 6.07) is 7.85. The van der Waals surface area contributed by atoms with Crippen LogP contribution in [-0.4, -0.2) is 40.7 Å². The molecule has 2 aromatic heterocycles. The Labute approximate surface area is 192 Å². The monoisotopic (exact) mass is 445 g/mol. The van der Waals surface area contributed by atoms with Crippen molar-refractivity contribution < 1.29 is 9.59 Å². The van der Waals surface area contributed by atoms with Crippen molar-refractivity contribution in [3.05, 3.63) is 47.8 Å². The van der Waals surface area contributed by atoms with Crippen LogP contribution in [0.2, 0.25) is 0 Å². The molecule has 5 rings (SSSR count). The van der Waals surface area contributed by atoms with Gasteiger partial charge in [-0.05, 0) is 25.8 Å². The summed E-state index contributed by atoms with van der Waals surface area (Å²) in [7, 11) is 5.56. The Bertz CT molecular complexity index is 1260. The number of aryl methyl sites for hydroxylation is 1. The van der Waals surface area contributed by atoms with E-state index in [2.05, 4.69) is 52.1 Å². The highest BCUT2D eigenvalue weighted by atomic mass is 16.2. The van der Waals surface area contributed by atoms with Crippen LogP contribution in [0.1, 0.15) is 41.7 Å². The highest BCUT2D eigenvalue weighted by molar-refractivity contribution is 6.02. The number of benzene rings is 1. The number of pyridine rings is 1. The van der Waals surface area contributed by atoms with Gasteiger partial charge in [-0.1, -0.05) is 12.1 Å². The smallest absolute Gasteiger partial charge is 0.254 e. The van der Waals surface area contributed by atoms with Gasteiger partial charge in [0.1, 0.15) is 5.82 Å². The minimum atomic E-state index is -0.261. The van der Waals surface area contributed by atoms with E-state index in [1.165, 1.54) is 11.8 Å². The second-order valence-electron chi connectivity index (χ2n) is 8.68. The number of para-hydroxylation sites is 1. The van der Waals surface area contributed by atoms with Crippen LogP contribution in [0.3, 0.4) is 0 Å². The molecule has 1 saturated carbocycles. The van der Waals surface area contributed by atoms with Crippen molar-refractivity contribution in [1.82, 2.24) is 20.1 Å². The summed E-state index contributed by atoms with van der Waals surface area (Å²) in [5, 5.41) is 13.7. The number of amides is 2. The molecule has 3 aromatic rings. The van der Waals surface area contributed by atoms with E-state index in [0.29, 0.717) is 17.1 Å². The van der Waals surface area contributed by atoms with Crippen LogP contribution >= 0.6 is 0 Å². The van der Waals surface area contributed by atoms with Gasteiger partial charge in [0.25, 0.3) is 5.91 Å². The molecule has 3 heterocycles. The van der Waals surface area contributed by atoms with Crippen LogP contribution in [0, 0.1) is 5.92 Å². The lowest BCUT2D eigenvalue weighted by atomic mass is 9.94. The molecule has 1 aliphatic carbocycles. The molecular weight excluding hydrogens is 418 g/mol. The molecule has 0 bridgehead atoms. The Hall–Kier alpha value is -3.88. The van der Waals surface area contributed by atoms with Gasteiger partial charge >= 0.3 is 0 Å². The Morgan fingerprint density at radius 2 is 1.94 bits per heavy atom. The van der Waals surface area contributed by atoms with Crippen LogP contribution in [0.4, 0.5) is 22.9 Å². The maximum Gasteiger partial charge on any atom is 0.254 e. The fraction of sp³-hybridized carbons (Fsp3) is 0.333. The second-order valence-corrected chi connectivity index (χ2v) is 8.68. The van der Waals surface area contributed by atoms with Crippen molar-refractivity contribution in [2.24, 2.45) is 13.0 Å². The summed E-state index contributed by atoms with van der Waals surface area (Å²) in [5.74, 6) is 0.185. The normalized spacial score (nSPS) is 16.6. The number of anilines is 4. The first-order valence-corrected chi connectivity index (χ1v) is 11.1. The number of nitrogens with zero attached hydrogens (tertiary/aromatic N) is 4.